The predicted molar refractivity (Wildman–Crippen MR) is 84.4 cm³/mol. The molecule has 0 saturated carbocycles. The molecule has 2 unspecified atom stereocenters. The largest absolute Gasteiger partial charge is 0.511 e. The first kappa shape index (κ1) is 14.5. The molecule has 1 aromatic rings. The number of aryl methyl sites for hydroxylation is 1. The van der Waals surface area contributed by atoms with E-state index in [1.54, 1.807) is 0 Å². The number of aliphatic hydroxyl groups is 1. The number of hydrogen-bond donors (Lipinski definition) is 1. The molecule has 0 radical (unpaired) electrons. The maximum absolute atomic E-state index is 12.5. The summed E-state index contributed by atoms with van der Waals surface area (Å²) >= 11 is 0. The molecule has 3 nitrogen and oxygen atoms in total. The van der Waals surface area contributed by atoms with E-state index in [2.05, 4.69) is 0 Å². The van der Waals surface area contributed by atoms with E-state index < -0.39 is 0 Å². The monoisotopic (exact) mass is 294 g/mol. The van der Waals surface area contributed by atoms with Crippen LogP contribution in [0.3, 0.4) is 0 Å². The van der Waals surface area contributed by atoms with Crippen molar-refractivity contribution in [2.75, 3.05) is 0 Å². The van der Waals surface area contributed by atoms with Gasteiger partial charge in [0.05, 0.1) is 5.57 Å². The van der Waals surface area contributed by atoms with Gasteiger partial charge in [0.2, 0.25) is 0 Å². The van der Waals surface area contributed by atoms with Crippen LogP contribution in [0.25, 0.3) is 0 Å². The molecular weight excluding hydrogens is 276 g/mol. The van der Waals surface area contributed by atoms with Gasteiger partial charge in [0.25, 0.3) is 0 Å². The lowest BCUT2D eigenvalue weighted by atomic mass is 9.75. The first-order valence-corrected chi connectivity index (χ1v) is 7.47. The van der Waals surface area contributed by atoms with E-state index in [0.717, 1.165) is 11.1 Å². The minimum absolute atomic E-state index is 0.00977. The second-order valence-electron chi connectivity index (χ2n) is 5.87. The van der Waals surface area contributed by atoms with E-state index in [1.165, 1.54) is 0 Å². The van der Waals surface area contributed by atoms with Crippen molar-refractivity contribution in [2.24, 2.45) is 11.8 Å². The summed E-state index contributed by atoms with van der Waals surface area (Å²) in [5.41, 5.74) is 1.89. The Labute approximate surface area is 129 Å². The second-order valence-corrected chi connectivity index (χ2v) is 5.87. The highest BCUT2D eigenvalue weighted by Crippen LogP contribution is 2.36. The summed E-state index contributed by atoms with van der Waals surface area (Å²) in [6.45, 7) is 1.93. The molecule has 0 aromatic heterocycles. The van der Waals surface area contributed by atoms with Gasteiger partial charge in [-0.05, 0) is 24.0 Å². The first-order valence-electron chi connectivity index (χ1n) is 7.47. The van der Waals surface area contributed by atoms with Crippen molar-refractivity contribution < 1.29 is 14.7 Å². The average molecular weight is 294 g/mol. The van der Waals surface area contributed by atoms with E-state index in [9.17, 15) is 14.7 Å². The lowest BCUT2D eigenvalue weighted by molar-refractivity contribution is -0.122. The summed E-state index contributed by atoms with van der Waals surface area (Å²) in [4.78, 5) is 24.8. The van der Waals surface area contributed by atoms with Gasteiger partial charge in [-0.1, -0.05) is 48.6 Å². The van der Waals surface area contributed by atoms with Crippen molar-refractivity contribution in [1.29, 1.82) is 0 Å². The van der Waals surface area contributed by atoms with Crippen molar-refractivity contribution >= 4 is 11.6 Å². The molecule has 2 aliphatic carbocycles. The van der Waals surface area contributed by atoms with Gasteiger partial charge in [0.1, 0.15) is 5.76 Å². The normalized spacial score (nSPS) is 23.6. The van der Waals surface area contributed by atoms with E-state index in [1.807, 2.05) is 55.5 Å². The Morgan fingerprint density at radius 2 is 1.95 bits per heavy atom. The van der Waals surface area contributed by atoms with Crippen LogP contribution in [0.5, 0.6) is 0 Å². The third kappa shape index (κ3) is 2.54. The van der Waals surface area contributed by atoms with Gasteiger partial charge in [0, 0.05) is 18.8 Å². The SMILES string of the molecule is Cc1ccccc1CC(=O)C1=C(O)C2C=CC=CC2CC1=O. The summed E-state index contributed by atoms with van der Waals surface area (Å²) in [6, 6.07) is 7.60. The van der Waals surface area contributed by atoms with Crippen LogP contribution in [0, 0.1) is 18.8 Å². The fraction of sp³-hybridized carbons (Fsp3) is 0.263. The molecule has 112 valence electrons. The van der Waals surface area contributed by atoms with Crippen molar-refractivity contribution in [3.63, 3.8) is 0 Å². The Balaban J connectivity index is 1.91. The molecule has 1 N–H and O–H groups in total. The summed E-state index contributed by atoms with van der Waals surface area (Å²) in [5, 5.41) is 10.4. The fourth-order valence-electron chi connectivity index (χ4n) is 3.14. The lowest BCUT2D eigenvalue weighted by Crippen LogP contribution is -2.31. The highest BCUT2D eigenvalue weighted by molar-refractivity contribution is 6.21. The second kappa shape index (κ2) is 5.76. The summed E-state index contributed by atoms with van der Waals surface area (Å²) < 4.78 is 0. The summed E-state index contributed by atoms with van der Waals surface area (Å²) in [6.07, 6.45) is 7.92. The molecule has 0 amide bonds. The molecule has 1 aromatic carbocycles. The molecule has 0 spiro atoms. The van der Waals surface area contributed by atoms with Gasteiger partial charge >= 0.3 is 0 Å². The number of aliphatic hydroxyl groups excluding tert-OH is 1. The maximum Gasteiger partial charge on any atom is 0.174 e. The van der Waals surface area contributed by atoms with Crippen LogP contribution in [0.2, 0.25) is 0 Å². The third-order valence-corrected chi connectivity index (χ3v) is 4.41. The quantitative estimate of drug-likeness (QED) is 0.871. The zero-order valence-electron chi connectivity index (χ0n) is 12.5. The van der Waals surface area contributed by atoms with Gasteiger partial charge < -0.3 is 5.11 Å². The van der Waals surface area contributed by atoms with Gasteiger partial charge in [-0.3, -0.25) is 9.59 Å². The molecular formula is C19H18O3. The Morgan fingerprint density at radius 1 is 1.23 bits per heavy atom. The number of carbonyl (C=O) groups excluding carboxylic acids is 2. The van der Waals surface area contributed by atoms with Crippen LogP contribution in [0.15, 0.2) is 59.9 Å². The number of allylic oxidation sites excluding steroid dienone is 5. The number of fused-ring (bicyclic) bond motifs is 1. The van der Waals surface area contributed by atoms with Gasteiger partial charge in [-0.15, -0.1) is 0 Å². The number of carbonyl (C=O) groups is 2. The fourth-order valence-corrected chi connectivity index (χ4v) is 3.14. The highest BCUT2D eigenvalue weighted by Gasteiger charge is 2.37. The standard InChI is InChI=1S/C19H18O3/c1-12-6-2-3-7-13(12)10-16(20)18-17(21)11-14-8-4-5-9-15(14)19(18)22/h2-9,14-15,22H,10-11H2,1H3. The number of rotatable bonds is 3. The van der Waals surface area contributed by atoms with Crippen molar-refractivity contribution in [1.82, 2.24) is 0 Å². The number of benzene rings is 1. The molecule has 0 fully saturated rings. The molecule has 2 aliphatic rings. The van der Waals surface area contributed by atoms with E-state index in [-0.39, 0.29) is 47.6 Å². The van der Waals surface area contributed by atoms with Crippen molar-refractivity contribution in [2.45, 2.75) is 19.8 Å². The molecule has 3 heteroatoms. The zero-order chi connectivity index (χ0) is 15.7. The van der Waals surface area contributed by atoms with Gasteiger partial charge in [-0.25, -0.2) is 0 Å². The van der Waals surface area contributed by atoms with Crippen LogP contribution in [-0.2, 0) is 16.0 Å². The summed E-state index contributed by atoms with van der Waals surface area (Å²) in [7, 11) is 0. The number of Topliss-reactive ketones (excluding diaryl/α,β-unsaturated/α-hetero) is 2. The maximum atomic E-state index is 12.5. The Morgan fingerprint density at radius 3 is 2.73 bits per heavy atom. The Kier molecular flexibility index (Phi) is 3.80. The molecule has 0 aliphatic heterocycles. The van der Waals surface area contributed by atoms with Crippen LogP contribution >= 0.6 is 0 Å². The molecule has 22 heavy (non-hydrogen) atoms. The topological polar surface area (TPSA) is 54.4 Å². The Hall–Kier alpha value is -2.42. The molecule has 0 bridgehead atoms. The van der Waals surface area contributed by atoms with E-state index in [0.29, 0.717) is 0 Å². The van der Waals surface area contributed by atoms with E-state index >= 15 is 0 Å². The smallest absolute Gasteiger partial charge is 0.174 e. The molecule has 3 rings (SSSR count). The Bertz CT molecular complexity index is 722. The molecule has 2 atom stereocenters. The minimum atomic E-state index is -0.293. The zero-order valence-corrected chi connectivity index (χ0v) is 12.5. The first-order chi connectivity index (χ1) is 10.6. The third-order valence-electron chi connectivity index (χ3n) is 4.41. The van der Waals surface area contributed by atoms with Crippen LogP contribution < -0.4 is 0 Å². The molecule has 0 saturated heterocycles. The average Bonchev–Trinajstić information content (AvgIpc) is 2.49. The minimum Gasteiger partial charge on any atom is -0.511 e. The van der Waals surface area contributed by atoms with Crippen molar-refractivity contribution in [3.8, 4) is 0 Å². The predicted octanol–water partition coefficient (Wildman–Crippen LogP) is 3.25. The van der Waals surface area contributed by atoms with Crippen LogP contribution in [-0.4, -0.2) is 16.7 Å². The van der Waals surface area contributed by atoms with Crippen molar-refractivity contribution in [3.05, 3.63) is 71.0 Å². The number of ketones is 2. The van der Waals surface area contributed by atoms with Crippen LogP contribution in [0.1, 0.15) is 17.5 Å². The van der Waals surface area contributed by atoms with Crippen LogP contribution in [0.4, 0.5) is 0 Å². The lowest BCUT2D eigenvalue weighted by Gasteiger charge is -2.29. The summed E-state index contributed by atoms with van der Waals surface area (Å²) in [5.74, 6) is -0.901. The van der Waals surface area contributed by atoms with Gasteiger partial charge in [-0.2, -0.15) is 0 Å². The molecule has 0 heterocycles. The van der Waals surface area contributed by atoms with Gasteiger partial charge in [0.15, 0.2) is 11.6 Å². The number of hydrogen-bond acceptors (Lipinski definition) is 3. The van der Waals surface area contributed by atoms with E-state index in [4.69, 9.17) is 0 Å². The highest BCUT2D eigenvalue weighted by atomic mass is 16.3.